The van der Waals surface area contributed by atoms with Crippen molar-refractivity contribution in [2.45, 2.75) is 33.0 Å². The lowest BCUT2D eigenvalue weighted by atomic mass is 10.2. The van der Waals surface area contributed by atoms with E-state index in [-0.39, 0.29) is 0 Å². The first-order valence-electron chi connectivity index (χ1n) is 7.95. The first-order valence-corrected chi connectivity index (χ1v) is 11.4. The van der Waals surface area contributed by atoms with Crippen molar-refractivity contribution in [1.29, 1.82) is 0 Å². The summed E-state index contributed by atoms with van der Waals surface area (Å²) in [6, 6.07) is 7.30. The fraction of sp³-hybridized carbons (Fsp3) is 0.333. The predicted octanol–water partition coefficient (Wildman–Crippen LogP) is 3.48. The molecule has 0 saturated carbocycles. The maximum absolute atomic E-state index is 5.65. The molecule has 0 atom stereocenters. The van der Waals surface area contributed by atoms with Gasteiger partial charge in [0.2, 0.25) is 11.9 Å². The second-order valence-electron chi connectivity index (χ2n) is 6.71. The summed E-state index contributed by atoms with van der Waals surface area (Å²) in [5.74, 6) is 0.670. The van der Waals surface area contributed by atoms with E-state index in [2.05, 4.69) is 60.4 Å². The van der Waals surface area contributed by atoms with Crippen LogP contribution in [0.1, 0.15) is 13.3 Å². The molecule has 0 bridgehead atoms. The molecule has 3 aromatic heterocycles. The topological polar surface area (TPSA) is 41.8 Å². The molecule has 0 unspecified atom stereocenters. The maximum Gasteiger partial charge on any atom is 0.221 e. The number of fused-ring (bicyclic) bond motifs is 3. The number of hydrogen-bond acceptors (Lipinski definition) is 2. The lowest BCUT2D eigenvalue weighted by Crippen LogP contribution is -2.29. The van der Waals surface area contributed by atoms with Crippen molar-refractivity contribution in [3.8, 4) is 17.5 Å². The molecule has 23 heavy (non-hydrogen) atoms. The first-order chi connectivity index (χ1) is 11.0. The van der Waals surface area contributed by atoms with Crippen LogP contribution in [0.25, 0.3) is 21.8 Å². The minimum atomic E-state index is -1.39. The highest BCUT2D eigenvalue weighted by atomic mass is 28.3. The van der Waals surface area contributed by atoms with Crippen LogP contribution in [0.5, 0.6) is 5.88 Å². The van der Waals surface area contributed by atoms with Gasteiger partial charge in [-0.3, -0.25) is 0 Å². The molecule has 0 aromatic carbocycles. The molecule has 0 aliphatic rings. The van der Waals surface area contributed by atoms with E-state index in [1.165, 1.54) is 0 Å². The fourth-order valence-electron chi connectivity index (χ4n) is 2.31. The van der Waals surface area contributed by atoms with Crippen LogP contribution in [0, 0.1) is 11.6 Å². The Labute approximate surface area is 137 Å². The van der Waals surface area contributed by atoms with Gasteiger partial charge in [-0.05, 0) is 6.42 Å². The van der Waals surface area contributed by atoms with Crippen molar-refractivity contribution in [1.82, 2.24) is 9.97 Å². The summed E-state index contributed by atoms with van der Waals surface area (Å²) in [4.78, 5) is 7.74. The van der Waals surface area contributed by atoms with E-state index in [0.29, 0.717) is 12.5 Å². The van der Waals surface area contributed by atoms with E-state index in [1.807, 2.05) is 23.0 Å². The largest absolute Gasteiger partial charge is 0.478 e. The molecule has 0 fully saturated rings. The smallest absolute Gasteiger partial charge is 0.221 e. The number of nitrogens with one attached hydrogen (secondary N) is 1. The van der Waals surface area contributed by atoms with Crippen molar-refractivity contribution >= 4 is 29.9 Å². The van der Waals surface area contributed by atoms with Gasteiger partial charge in [0.15, 0.2) is 12.4 Å². The van der Waals surface area contributed by atoms with Crippen LogP contribution < -0.4 is 9.30 Å². The highest BCUT2D eigenvalue weighted by molar-refractivity contribution is 6.83. The Hall–Kier alpha value is -2.32. The number of hydrogen-bond donors (Lipinski definition) is 1. The Morgan fingerprint density at radius 3 is 2.83 bits per heavy atom. The average Bonchev–Trinajstić information content (AvgIpc) is 2.87. The van der Waals surface area contributed by atoms with Crippen molar-refractivity contribution in [2.24, 2.45) is 0 Å². The zero-order chi connectivity index (χ0) is 16.4. The Kier molecular flexibility index (Phi) is 4.10. The molecule has 3 rings (SSSR count). The molecule has 0 amide bonds. The van der Waals surface area contributed by atoms with Gasteiger partial charge in [-0.2, -0.15) is 0 Å². The molecule has 0 saturated heterocycles. The SMILES string of the molecule is CCCOc1cc2c(cn1)[nH]c1cc[n+](C#C[Si](C)(C)C)cc12. The van der Waals surface area contributed by atoms with Crippen molar-refractivity contribution < 1.29 is 9.30 Å². The standard InChI is InChI=1S/C18H21N3OSi/c1-5-9-22-18-11-14-15-13-21(8-10-23(2,3)4)7-6-16(15)20-17(14)12-19-18/h6-7,11-13H,5,9H2,1-4H3/p+1. The van der Waals surface area contributed by atoms with Crippen LogP contribution in [0.15, 0.2) is 30.7 Å². The highest BCUT2D eigenvalue weighted by Gasteiger charge is 2.12. The number of rotatable bonds is 3. The van der Waals surface area contributed by atoms with Crippen molar-refractivity contribution in [3.05, 3.63) is 30.7 Å². The summed E-state index contributed by atoms with van der Waals surface area (Å²) >= 11 is 0. The van der Waals surface area contributed by atoms with E-state index in [9.17, 15) is 0 Å². The van der Waals surface area contributed by atoms with Crippen molar-refractivity contribution in [2.75, 3.05) is 6.61 Å². The Balaban J connectivity index is 2.08. The summed E-state index contributed by atoms with van der Waals surface area (Å²) in [5, 5.41) is 2.25. The number of aromatic amines is 1. The molecule has 5 heteroatoms. The van der Waals surface area contributed by atoms with Crippen LogP contribution in [0.4, 0.5) is 0 Å². The minimum absolute atomic E-state index is 0.670. The van der Waals surface area contributed by atoms with Gasteiger partial charge < -0.3 is 9.72 Å². The van der Waals surface area contributed by atoms with Crippen LogP contribution >= 0.6 is 0 Å². The third-order valence-electron chi connectivity index (χ3n) is 3.41. The molecular formula is C18H22N3OSi+. The molecule has 4 nitrogen and oxygen atoms in total. The summed E-state index contributed by atoms with van der Waals surface area (Å²) in [5.41, 5.74) is 5.48. The Morgan fingerprint density at radius 2 is 2.09 bits per heavy atom. The Bertz CT molecular complexity index is 913. The van der Waals surface area contributed by atoms with Gasteiger partial charge >= 0.3 is 0 Å². The summed E-state index contributed by atoms with van der Waals surface area (Å²) in [6.07, 6.45) is 6.87. The summed E-state index contributed by atoms with van der Waals surface area (Å²) < 4.78 is 7.60. The van der Waals surface area contributed by atoms with Gasteiger partial charge in [-0.15, -0.1) is 4.57 Å². The second-order valence-corrected chi connectivity index (χ2v) is 11.5. The lowest BCUT2D eigenvalue weighted by molar-refractivity contribution is -0.581. The summed E-state index contributed by atoms with van der Waals surface area (Å²) in [7, 11) is -1.39. The first kappa shape index (κ1) is 15.6. The minimum Gasteiger partial charge on any atom is -0.478 e. The molecule has 0 aliphatic heterocycles. The third-order valence-corrected chi connectivity index (χ3v) is 4.27. The van der Waals surface area contributed by atoms with Crippen molar-refractivity contribution in [3.63, 3.8) is 0 Å². The number of aromatic nitrogens is 3. The third kappa shape index (κ3) is 3.54. The number of pyridine rings is 2. The van der Waals surface area contributed by atoms with Crippen LogP contribution in [-0.2, 0) is 0 Å². The molecule has 0 spiro atoms. The molecule has 3 aromatic rings. The summed E-state index contributed by atoms with van der Waals surface area (Å²) in [6.45, 7) is 9.50. The number of H-pyrrole nitrogens is 1. The zero-order valence-corrected chi connectivity index (χ0v) is 15.1. The number of ether oxygens (including phenoxy) is 1. The van der Waals surface area contributed by atoms with Gasteiger partial charge in [0.25, 0.3) is 0 Å². The number of nitrogens with zero attached hydrogens (tertiary/aromatic N) is 2. The average molecular weight is 324 g/mol. The van der Waals surface area contributed by atoms with Crippen LogP contribution in [0.2, 0.25) is 19.6 Å². The van der Waals surface area contributed by atoms with Crippen LogP contribution in [0.3, 0.4) is 0 Å². The van der Waals surface area contributed by atoms with Gasteiger partial charge in [0.05, 0.1) is 29.2 Å². The second kappa shape index (κ2) is 6.05. The van der Waals surface area contributed by atoms with E-state index in [1.54, 1.807) is 0 Å². The monoisotopic (exact) mass is 324 g/mol. The van der Waals surface area contributed by atoms with Gasteiger partial charge in [-0.25, -0.2) is 4.98 Å². The van der Waals surface area contributed by atoms with Gasteiger partial charge in [0.1, 0.15) is 8.07 Å². The predicted molar refractivity (Wildman–Crippen MR) is 96.1 cm³/mol. The van der Waals surface area contributed by atoms with Gasteiger partial charge in [-0.1, -0.05) is 32.1 Å². The molecule has 1 N–H and O–H groups in total. The van der Waals surface area contributed by atoms with E-state index >= 15 is 0 Å². The Morgan fingerprint density at radius 1 is 1.26 bits per heavy atom. The normalized spacial score (nSPS) is 11.5. The molecule has 0 radical (unpaired) electrons. The quantitative estimate of drug-likeness (QED) is 0.455. The van der Waals surface area contributed by atoms with E-state index < -0.39 is 8.07 Å². The maximum atomic E-state index is 5.65. The lowest BCUT2D eigenvalue weighted by Gasteiger charge is -2.02. The molecular weight excluding hydrogens is 302 g/mol. The highest BCUT2D eigenvalue weighted by Crippen LogP contribution is 2.26. The molecule has 3 heterocycles. The molecule has 118 valence electrons. The van der Waals surface area contributed by atoms with Crippen LogP contribution in [-0.4, -0.2) is 24.6 Å². The fourth-order valence-corrected chi connectivity index (χ4v) is 2.78. The zero-order valence-electron chi connectivity index (χ0n) is 14.1. The van der Waals surface area contributed by atoms with E-state index in [0.717, 1.165) is 28.2 Å². The van der Waals surface area contributed by atoms with Gasteiger partial charge in [0, 0.05) is 17.5 Å². The molecule has 0 aliphatic carbocycles. The van der Waals surface area contributed by atoms with E-state index in [4.69, 9.17) is 4.74 Å².